The Hall–Kier alpha value is -2.42. The Morgan fingerprint density at radius 3 is 2.71 bits per heavy atom. The molecule has 1 saturated heterocycles. The van der Waals surface area contributed by atoms with Crippen molar-refractivity contribution >= 4 is 45.5 Å². The molecule has 0 radical (unpaired) electrons. The lowest BCUT2D eigenvalue weighted by Gasteiger charge is -2.35. The predicted molar refractivity (Wildman–Crippen MR) is 164 cm³/mol. The van der Waals surface area contributed by atoms with E-state index in [1.54, 1.807) is 29.4 Å². The Bertz CT molecular complexity index is 1300. The summed E-state index contributed by atoms with van der Waals surface area (Å²) in [5.74, 6) is 0.0851. The van der Waals surface area contributed by atoms with Gasteiger partial charge in [-0.2, -0.15) is 0 Å². The monoisotopic (exact) mass is 567 g/mol. The summed E-state index contributed by atoms with van der Waals surface area (Å²) < 4.78 is 12.8. The maximum absolute atomic E-state index is 13.2. The Kier molecular flexibility index (Phi) is 10.2. The molecule has 0 saturated carbocycles. The number of para-hydroxylation sites is 1. The first-order valence-electron chi connectivity index (χ1n) is 13.1. The van der Waals surface area contributed by atoms with Crippen molar-refractivity contribution in [2.45, 2.75) is 46.1 Å². The van der Waals surface area contributed by atoms with Crippen LogP contribution in [0.15, 0.2) is 58.8 Å². The van der Waals surface area contributed by atoms with Gasteiger partial charge < -0.3 is 10.2 Å². The Balaban J connectivity index is 1.37. The molecule has 8 heteroatoms. The maximum atomic E-state index is 13.2. The molecule has 1 fully saturated rings. The first kappa shape index (κ1) is 28.6. The molecule has 1 aliphatic rings. The Morgan fingerprint density at radius 1 is 1.21 bits per heavy atom. The van der Waals surface area contributed by atoms with Gasteiger partial charge in [-0.25, -0.2) is 4.98 Å². The van der Waals surface area contributed by atoms with Crippen molar-refractivity contribution < 1.29 is 9.00 Å². The van der Waals surface area contributed by atoms with E-state index < -0.39 is 10.8 Å². The normalized spacial score (nSPS) is 16.9. The third kappa shape index (κ3) is 7.36. The molecule has 2 aromatic carbocycles. The number of aromatic nitrogens is 1. The summed E-state index contributed by atoms with van der Waals surface area (Å²) in [5.41, 5.74) is 5.81. The highest BCUT2D eigenvalue weighted by molar-refractivity contribution is 8.15. The highest BCUT2D eigenvalue weighted by Crippen LogP contribution is 2.30. The second-order valence-corrected chi connectivity index (χ2v) is 13.3. The molecule has 38 heavy (non-hydrogen) atoms. The number of rotatable bonds is 10. The fourth-order valence-corrected chi connectivity index (χ4v) is 7.41. The molecule has 2 atom stereocenters. The number of thiazole rings is 1. The summed E-state index contributed by atoms with van der Waals surface area (Å²) in [6, 6.07) is 16.9. The number of benzene rings is 2. The molecule has 1 N–H and O–H groups in total. The van der Waals surface area contributed by atoms with Gasteiger partial charge in [-0.15, -0.1) is 23.1 Å². The van der Waals surface area contributed by atoms with Gasteiger partial charge in [0.2, 0.25) is 5.91 Å². The molecule has 1 aliphatic heterocycles. The van der Waals surface area contributed by atoms with E-state index >= 15 is 0 Å². The van der Waals surface area contributed by atoms with E-state index in [-0.39, 0.29) is 11.8 Å². The number of anilines is 1. The second-order valence-electron chi connectivity index (χ2n) is 9.75. The molecular formula is C30H37N3O2S3. The van der Waals surface area contributed by atoms with Crippen LogP contribution in [0, 0.1) is 19.8 Å². The van der Waals surface area contributed by atoms with E-state index in [0.717, 1.165) is 64.2 Å². The number of aryl methyl sites for hydroxylation is 3. The quantitative estimate of drug-likeness (QED) is 0.304. The molecule has 2 heterocycles. The van der Waals surface area contributed by atoms with Crippen LogP contribution in [-0.2, 0) is 28.6 Å². The van der Waals surface area contributed by atoms with Crippen LogP contribution >= 0.6 is 23.1 Å². The number of carbonyl (C=O) groups excluding carboxylic acids is 1. The summed E-state index contributed by atoms with van der Waals surface area (Å²) in [6.45, 7) is 6.30. The Morgan fingerprint density at radius 2 is 1.97 bits per heavy atom. The number of allylic oxidation sites excluding steroid dienone is 1. The highest BCUT2D eigenvalue weighted by atomic mass is 32.2. The fourth-order valence-electron chi connectivity index (χ4n) is 4.83. The van der Waals surface area contributed by atoms with Gasteiger partial charge >= 0.3 is 0 Å². The van der Waals surface area contributed by atoms with E-state index in [0.29, 0.717) is 6.54 Å². The van der Waals surface area contributed by atoms with Crippen LogP contribution < -0.4 is 10.2 Å². The van der Waals surface area contributed by atoms with Crippen molar-refractivity contribution in [3.63, 3.8) is 0 Å². The number of nitrogens with one attached hydrogen (secondary N) is 1. The van der Waals surface area contributed by atoms with Crippen molar-refractivity contribution in [1.29, 1.82) is 0 Å². The van der Waals surface area contributed by atoms with E-state index in [2.05, 4.69) is 71.7 Å². The molecule has 5 nitrogen and oxygen atoms in total. The number of amides is 1. The summed E-state index contributed by atoms with van der Waals surface area (Å²) in [6.07, 6.45) is 9.43. The van der Waals surface area contributed by atoms with Crippen LogP contribution in [0.5, 0.6) is 0 Å². The number of hydrogen-bond donors (Lipinski definition) is 1. The molecule has 3 aromatic rings. The number of carbonyl (C=O) groups is 1. The third-order valence-corrected chi connectivity index (χ3v) is 10.7. The molecule has 202 valence electrons. The van der Waals surface area contributed by atoms with E-state index in [4.69, 9.17) is 4.98 Å². The zero-order valence-electron chi connectivity index (χ0n) is 22.7. The van der Waals surface area contributed by atoms with Crippen LogP contribution in [0.3, 0.4) is 0 Å². The molecule has 0 spiro atoms. The van der Waals surface area contributed by atoms with Crippen LogP contribution in [0.1, 0.15) is 41.0 Å². The lowest BCUT2D eigenvalue weighted by atomic mass is 9.95. The average Bonchev–Trinajstić information content (AvgIpc) is 3.30. The topological polar surface area (TPSA) is 62.3 Å². The largest absolute Gasteiger partial charge is 0.371 e. The van der Waals surface area contributed by atoms with Gasteiger partial charge in [0.05, 0.1) is 33.2 Å². The number of piperidine rings is 1. The second kappa shape index (κ2) is 13.6. The molecule has 1 aromatic heterocycles. The minimum absolute atomic E-state index is 0.0351. The summed E-state index contributed by atoms with van der Waals surface area (Å²) >= 11 is 3.21. The van der Waals surface area contributed by atoms with Gasteiger partial charge in [0.1, 0.15) is 5.01 Å². The fraction of sp³-hybridized carbons (Fsp3) is 0.400. The van der Waals surface area contributed by atoms with Crippen molar-refractivity contribution in [3.05, 3.63) is 80.5 Å². The highest BCUT2D eigenvalue weighted by Gasteiger charge is 2.27. The molecule has 0 aliphatic carbocycles. The van der Waals surface area contributed by atoms with Crippen molar-refractivity contribution in [3.8, 4) is 10.6 Å². The van der Waals surface area contributed by atoms with Crippen LogP contribution in [-0.4, -0.2) is 40.7 Å². The third-order valence-electron chi connectivity index (χ3n) is 6.95. The number of nitrogens with zero attached hydrogens (tertiary/aromatic N) is 2. The molecule has 0 bridgehead atoms. The SMILES string of the molecule is CS/C(=C/CCc1ccccc1N1CCCC(C(=O)NCc2sc(-c3ccc(C)cc3)nc2C)C1)S(C)=O. The first-order chi connectivity index (χ1) is 18.4. The Labute approximate surface area is 237 Å². The minimum Gasteiger partial charge on any atom is -0.371 e. The minimum atomic E-state index is -0.942. The summed E-state index contributed by atoms with van der Waals surface area (Å²) in [4.78, 5) is 21.4. The molecular weight excluding hydrogens is 531 g/mol. The standard InChI is InChI=1S/C30H37N3O2S3/c1-21-14-16-24(17-15-21)30-32-22(2)27(37-30)19-31-29(34)25-11-8-18-33(20-25)26-12-6-5-9-23(26)10-7-13-28(36-3)38(4)35/h5-6,9,12-17,25H,7-8,10-11,18-20H2,1-4H3,(H,31,34)/b28-13-. The summed E-state index contributed by atoms with van der Waals surface area (Å²) in [5, 5.41) is 4.20. The van der Waals surface area contributed by atoms with Gasteiger partial charge in [0.25, 0.3) is 0 Å². The van der Waals surface area contributed by atoms with Gasteiger partial charge in [0, 0.05) is 35.5 Å². The average molecular weight is 568 g/mol. The lowest BCUT2D eigenvalue weighted by molar-refractivity contribution is -0.125. The molecule has 1 amide bonds. The van der Waals surface area contributed by atoms with Crippen LogP contribution in [0.25, 0.3) is 10.6 Å². The maximum Gasteiger partial charge on any atom is 0.225 e. The number of thioether (sulfide) groups is 1. The van der Waals surface area contributed by atoms with Gasteiger partial charge in [-0.05, 0) is 57.4 Å². The zero-order valence-corrected chi connectivity index (χ0v) is 25.1. The van der Waals surface area contributed by atoms with Crippen molar-refractivity contribution in [2.24, 2.45) is 5.92 Å². The number of hydrogen-bond acceptors (Lipinski definition) is 6. The molecule has 4 rings (SSSR count). The van der Waals surface area contributed by atoms with Gasteiger partial charge in [-0.1, -0.05) is 54.1 Å². The first-order valence-corrected chi connectivity index (χ1v) is 16.7. The lowest BCUT2D eigenvalue weighted by Crippen LogP contribution is -2.43. The van der Waals surface area contributed by atoms with E-state index in [1.807, 2.05) is 13.2 Å². The smallest absolute Gasteiger partial charge is 0.225 e. The van der Waals surface area contributed by atoms with Crippen LogP contribution in [0.2, 0.25) is 0 Å². The molecule has 2 unspecified atom stereocenters. The zero-order chi connectivity index (χ0) is 27.1. The van der Waals surface area contributed by atoms with Gasteiger partial charge in [0.15, 0.2) is 0 Å². The van der Waals surface area contributed by atoms with E-state index in [9.17, 15) is 9.00 Å². The van der Waals surface area contributed by atoms with Gasteiger partial charge in [-0.3, -0.25) is 9.00 Å². The van der Waals surface area contributed by atoms with Crippen LogP contribution in [0.4, 0.5) is 5.69 Å². The van der Waals surface area contributed by atoms with Crippen molar-refractivity contribution in [2.75, 3.05) is 30.5 Å². The van der Waals surface area contributed by atoms with Crippen molar-refractivity contribution in [1.82, 2.24) is 10.3 Å². The predicted octanol–water partition coefficient (Wildman–Crippen LogP) is 6.48. The van der Waals surface area contributed by atoms with E-state index in [1.165, 1.54) is 16.8 Å². The summed E-state index contributed by atoms with van der Waals surface area (Å²) in [7, 11) is -0.942.